The van der Waals surface area contributed by atoms with E-state index in [0.717, 1.165) is 16.8 Å². The molecule has 0 aliphatic rings. The van der Waals surface area contributed by atoms with Crippen LogP contribution >= 0.6 is 12.2 Å². The van der Waals surface area contributed by atoms with E-state index < -0.39 is 0 Å². The van der Waals surface area contributed by atoms with Crippen LogP contribution in [0.5, 0.6) is 11.5 Å². The summed E-state index contributed by atoms with van der Waals surface area (Å²) < 4.78 is 11.4. The summed E-state index contributed by atoms with van der Waals surface area (Å²) in [5.41, 5.74) is 7.09. The van der Waals surface area contributed by atoms with Gasteiger partial charge in [0.25, 0.3) is 0 Å². The van der Waals surface area contributed by atoms with Crippen LogP contribution in [0.3, 0.4) is 0 Å². The molecule has 6 heteroatoms. The number of nitrogens with one attached hydrogen (secondary N) is 3. The highest BCUT2D eigenvalue weighted by Crippen LogP contribution is 2.28. The van der Waals surface area contributed by atoms with Crippen molar-refractivity contribution < 1.29 is 14.6 Å². The third-order valence-electron chi connectivity index (χ3n) is 4.12. The van der Waals surface area contributed by atoms with E-state index in [4.69, 9.17) is 21.7 Å². The quantitative estimate of drug-likeness (QED) is 0.320. The van der Waals surface area contributed by atoms with Crippen molar-refractivity contribution in [2.45, 2.75) is 13.5 Å². The smallest absolute Gasteiger partial charge is 0.228 e. The number of rotatable bonds is 7. The average molecular weight is 407 g/mol. The molecule has 0 unspecified atom stereocenters. The summed E-state index contributed by atoms with van der Waals surface area (Å²) in [5.74, 6) is 1.36. The summed E-state index contributed by atoms with van der Waals surface area (Å²) in [6.07, 6.45) is 1.80. The lowest BCUT2D eigenvalue weighted by atomic mass is 10.1. The highest BCUT2D eigenvalue weighted by molar-refractivity contribution is 7.80. The van der Waals surface area contributed by atoms with Gasteiger partial charge in [-0.15, -0.1) is 10.5 Å². The van der Waals surface area contributed by atoms with E-state index >= 15 is 0 Å². The summed E-state index contributed by atoms with van der Waals surface area (Å²) in [5, 5.41) is 6.54. The zero-order valence-corrected chi connectivity index (χ0v) is 17.3. The zero-order chi connectivity index (χ0) is 20.5. The van der Waals surface area contributed by atoms with Gasteiger partial charge < -0.3 is 14.8 Å². The van der Waals surface area contributed by atoms with E-state index in [1.807, 2.05) is 60.7 Å². The molecule has 29 heavy (non-hydrogen) atoms. The van der Waals surface area contributed by atoms with Crippen molar-refractivity contribution in [2.75, 3.05) is 12.4 Å². The summed E-state index contributed by atoms with van der Waals surface area (Å²) in [4.78, 5) is 0. The zero-order valence-electron chi connectivity index (χ0n) is 16.4. The van der Waals surface area contributed by atoms with Crippen LogP contribution in [0.1, 0.15) is 16.7 Å². The fourth-order valence-corrected chi connectivity index (χ4v) is 2.90. The number of thiocarbonyl (C=S) groups is 1. The molecule has 0 atom stereocenters. The van der Waals surface area contributed by atoms with Gasteiger partial charge >= 0.3 is 0 Å². The Morgan fingerprint density at radius 1 is 1.00 bits per heavy atom. The summed E-state index contributed by atoms with van der Waals surface area (Å²) in [6.45, 7) is 2.55. The second-order valence-corrected chi connectivity index (χ2v) is 6.83. The molecule has 0 aliphatic heterocycles. The minimum atomic E-state index is 0.470. The van der Waals surface area contributed by atoms with Crippen molar-refractivity contribution >= 4 is 29.2 Å². The molecule has 0 spiro atoms. The first-order chi connectivity index (χ1) is 14.1. The summed E-state index contributed by atoms with van der Waals surface area (Å²) >= 11 is 5.26. The molecule has 3 N–H and O–H groups in total. The van der Waals surface area contributed by atoms with Crippen molar-refractivity contribution in [1.29, 1.82) is 0 Å². The summed E-state index contributed by atoms with van der Waals surface area (Å²) in [6, 6.07) is 23.7. The predicted molar refractivity (Wildman–Crippen MR) is 120 cm³/mol. The monoisotopic (exact) mass is 406 g/mol. The molecule has 0 amide bonds. The van der Waals surface area contributed by atoms with E-state index in [1.165, 1.54) is 5.56 Å². The molecule has 5 nitrogen and oxygen atoms in total. The minimum Gasteiger partial charge on any atom is -0.493 e. The predicted octanol–water partition coefficient (Wildman–Crippen LogP) is 2.98. The van der Waals surface area contributed by atoms with Crippen LogP contribution in [-0.4, -0.2) is 18.4 Å². The van der Waals surface area contributed by atoms with E-state index in [0.29, 0.717) is 23.2 Å². The van der Waals surface area contributed by atoms with Crippen molar-refractivity contribution in [3.8, 4) is 11.5 Å². The molecule has 0 bridgehead atoms. The van der Waals surface area contributed by atoms with Gasteiger partial charge in [0.05, 0.1) is 7.11 Å². The number of hydrazone groups is 1. The number of ether oxygens (including phenoxy) is 2. The first-order valence-corrected chi connectivity index (χ1v) is 9.62. The molecule has 0 saturated carbocycles. The Morgan fingerprint density at radius 2 is 1.83 bits per heavy atom. The van der Waals surface area contributed by atoms with Crippen LogP contribution < -0.4 is 25.3 Å². The molecule has 0 fully saturated rings. The van der Waals surface area contributed by atoms with Gasteiger partial charge in [-0.25, -0.2) is 0 Å². The number of anilines is 1. The molecule has 148 valence electrons. The molecule has 0 radical (unpaired) electrons. The lowest BCUT2D eigenvalue weighted by Gasteiger charge is -2.11. The lowest BCUT2D eigenvalue weighted by molar-refractivity contribution is -0.499. The van der Waals surface area contributed by atoms with Crippen LogP contribution in [0.4, 0.5) is 5.69 Å². The number of hydrogen-bond donors (Lipinski definition) is 3. The van der Waals surface area contributed by atoms with Gasteiger partial charge in [0, 0.05) is 11.3 Å². The minimum absolute atomic E-state index is 0.470. The number of methoxy groups -OCH3 is 1. The maximum absolute atomic E-state index is 5.93. The van der Waals surface area contributed by atoms with Crippen molar-refractivity contribution in [3.05, 3.63) is 89.5 Å². The summed E-state index contributed by atoms with van der Waals surface area (Å²) in [7, 11) is 1.63. The van der Waals surface area contributed by atoms with Gasteiger partial charge in [-0.2, -0.15) is 0 Å². The number of benzene rings is 3. The normalized spacial score (nSPS) is 10.6. The maximum atomic E-state index is 5.93. The highest BCUT2D eigenvalue weighted by Gasteiger charge is 2.07. The molecule has 0 aliphatic carbocycles. The van der Waals surface area contributed by atoms with E-state index in [1.54, 1.807) is 13.3 Å². The van der Waals surface area contributed by atoms with E-state index in [-0.39, 0.29) is 0 Å². The number of aryl methyl sites for hydroxylation is 1. The largest absolute Gasteiger partial charge is 0.493 e. The fraction of sp³-hybridized carbons (Fsp3) is 0.130. The molecular formula is C23H24N3O2S+. The number of para-hydroxylation sites is 1. The van der Waals surface area contributed by atoms with Crippen molar-refractivity contribution in [1.82, 2.24) is 5.43 Å². The third kappa shape index (κ3) is 6.33. The molecule has 3 aromatic rings. The van der Waals surface area contributed by atoms with Crippen molar-refractivity contribution in [3.63, 3.8) is 0 Å². The lowest BCUT2D eigenvalue weighted by Crippen LogP contribution is -2.82. The Balaban J connectivity index is 1.57. The Kier molecular flexibility index (Phi) is 7.19. The first-order valence-electron chi connectivity index (χ1n) is 9.21. The topological polar surface area (TPSA) is 56.5 Å². The molecule has 0 heterocycles. The Bertz CT molecular complexity index is 990. The van der Waals surface area contributed by atoms with Gasteiger partial charge in [-0.3, -0.25) is 0 Å². The van der Waals surface area contributed by atoms with Crippen LogP contribution in [0.15, 0.2) is 72.8 Å². The molecule has 3 aromatic carbocycles. The average Bonchev–Trinajstić information content (AvgIpc) is 2.73. The van der Waals surface area contributed by atoms with Crippen LogP contribution in [0.2, 0.25) is 0 Å². The SMILES string of the molecule is COc1cc(C=[NH+]NC(=S)Nc2ccccc2)ccc1OCc1cccc(C)c1. The number of hydrazine groups is 1. The van der Waals surface area contributed by atoms with Crippen molar-refractivity contribution in [2.24, 2.45) is 0 Å². The van der Waals surface area contributed by atoms with Crippen LogP contribution in [0.25, 0.3) is 0 Å². The Morgan fingerprint density at radius 3 is 2.59 bits per heavy atom. The molecular weight excluding hydrogens is 382 g/mol. The number of hydrogen-bond acceptors (Lipinski definition) is 3. The fourth-order valence-electron chi connectivity index (χ4n) is 2.73. The van der Waals surface area contributed by atoms with Gasteiger partial charge in [0.15, 0.2) is 17.7 Å². The van der Waals surface area contributed by atoms with Gasteiger partial charge in [0.2, 0.25) is 5.11 Å². The van der Waals surface area contributed by atoms with Gasteiger partial charge in [0.1, 0.15) is 6.61 Å². The third-order valence-corrected chi connectivity index (χ3v) is 4.32. The maximum Gasteiger partial charge on any atom is 0.228 e. The molecule has 0 saturated heterocycles. The van der Waals surface area contributed by atoms with Crippen LogP contribution in [-0.2, 0) is 6.61 Å². The first kappa shape index (κ1) is 20.4. The van der Waals surface area contributed by atoms with E-state index in [9.17, 15) is 0 Å². The van der Waals surface area contributed by atoms with E-state index in [2.05, 4.69) is 34.9 Å². The second kappa shape index (κ2) is 10.2. The van der Waals surface area contributed by atoms with Gasteiger partial charge in [-0.05, 0) is 55.0 Å². The standard InChI is InChI=1S/C23H23N3O2S/c1-17-7-6-8-19(13-17)16-28-21-12-11-18(14-22(21)27-2)15-24-26-23(29)25-20-9-4-3-5-10-20/h3-15H,16H2,1-2H3,(H2,25,26,29)/p+1. The molecule has 0 aromatic heterocycles. The van der Waals surface area contributed by atoms with Gasteiger partial charge in [-0.1, -0.05) is 48.0 Å². The Hall–Kier alpha value is -3.38. The Labute approximate surface area is 176 Å². The highest BCUT2D eigenvalue weighted by atomic mass is 32.1. The molecule has 3 rings (SSSR count). The second-order valence-electron chi connectivity index (χ2n) is 6.42. The van der Waals surface area contributed by atoms with Crippen LogP contribution in [0, 0.1) is 6.92 Å².